The molecule has 0 aliphatic carbocycles. The van der Waals surface area contributed by atoms with Gasteiger partial charge < -0.3 is 20.1 Å². The Morgan fingerprint density at radius 2 is 1.86 bits per heavy atom. The molecular formula is C23H28N2O4. The molecule has 0 bridgehead atoms. The van der Waals surface area contributed by atoms with E-state index in [0.717, 1.165) is 22.6 Å². The van der Waals surface area contributed by atoms with E-state index in [1.54, 1.807) is 12.0 Å². The topological polar surface area (TPSA) is 78.9 Å². The molecule has 154 valence electrons. The maximum Gasteiger partial charge on any atom is 0.227 e. The lowest BCUT2D eigenvalue weighted by atomic mass is 9.83. The Balaban J connectivity index is 1.99. The van der Waals surface area contributed by atoms with Crippen LogP contribution < -0.4 is 15.0 Å². The second-order valence-corrected chi connectivity index (χ2v) is 7.33. The predicted molar refractivity (Wildman–Crippen MR) is 112 cm³/mol. The molecule has 2 aromatic carbocycles. The summed E-state index contributed by atoms with van der Waals surface area (Å²) in [6, 6.07) is 14.9. The molecule has 3 rings (SSSR count). The quantitative estimate of drug-likeness (QED) is 0.706. The largest absolute Gasteiger partial charge is 0.497 e. The number of methoxy groups -OCH3 is 1. The summed E-state index contributed by atoms with van der Waals surface area (Å²) in [6.45, 7) is 2.45. The number of benzene rings is 2. The number of aliphatic hydroxyl groups is 1. The molecule has 6 heteroatoms. The van der Waals surface area contributed by atoms with Gasteiger partial charge in [-0.25, -0.2) is 0 Å². The van der Waals surface area contributed by atoms with Crippen molar-refractivity contribution in [1.29, 1.82) is 0 Å². The van der Waals surface area contributed by atoms with Gasteiger partial charge >= 0.3 is 0 Å². The van der Waals surface area contributed by atoms with Gasteiger partial charge in [-0.15, -0.1) is 0 Å². The first-order valence-electron chi connectivity index (χ1n) is 9.96. The van der Waals surface area contributed by atoms with Crippen LogP contribution in [0.4, 0.5) is 5.69 Å². The van der Waals surface area contributed by atoms with Crippen molar-refractivity contribution in [2.75, 3.05) is 25.2 Å². The Labute approximate surface area is 171 Å². The molecule has 0 aromatic heterocycles. The number of ether oxygens (including phenoxy) is 1. The number of hydrogen-bond acceptors (Lipinski definition) is 4. The highest BCUT2D eigenvalue weighted by Gasteiger charge is 2.41. The first-order valence-corrected chi connectivity index (χ1v) is 9.96. The monoisotopic (exact) mass is 396 g/mol. The Morgan fingerprint density at radius 3 is 2.48 bits per heavy atom. The fourth-order valence-corrected chi connectivity index (χ4v) is 3.78. The van der Waals surface area contributed by atoms with Crippen molar-refractivity contribution in [2.45, 2.75) is 32.2 Å². The molecule has 2 aromatic rings. The maximum absolute atomic E-state index is 13.0. The number of aryl methyl sites for hydroxylation is 1. The Morgan fingerprint density at radius 1 is 1.17 bits per heavy atom. The highest BCUT2D eigenvalue weighted by atomic mass is 16.5. The van der Waals surface area contributed by atoms with E-state index in [1.165, 1.54) is 0 Å². The van der Waals surface area contributed by atoms with Crippen LogP contribution in [0, 0.1) is 12.8 Å². The minimum Gasteiger partial charge on any atom is -0.497 e. The number of piperidine rings is 1. The highest BCUT2D eigenvalue weighted by molar-refractivity contribution is 5.97. The molecule has 2 N–H and O–H groups in total. The molecule has 2 amide bonds. The predicted octanol–water partition coefficient (Wildman–Crippen LogP) is 2.99. The molecule has 6 nitrogen and oxygen atoms in total. The first kappa shape index (κ1) is 20.9. The van der Waals surface area contributed by atoms with Gasteiger partial charge in [0.1, 0.15) is 5.75 Å². The Bertz CT molecular complexity index is 833. The van der Waals surface area contributed by atoms with Gasteiger partial charge in [0.25, 0.3) is 0 Å². The van der Waals surface area contributed by atoms with Crippen LogP contribution in [0.5, 0.6) is 5.75 Å². The van der Waals surface area contributed by atoms with Crippen LogP contribution in [0.15, 0.2) is 48.5 Å². The number of rotatable bonds is 7. The smallest absolute Gasteiger partial charge is 0.227 e. The summed E-state index contributed by atoms with van der Waals surface area (Å²) in [5.41, 5.74) is 2.79. The van der Waals surface area contributed by atoms with Crippen LogP contribution in [0.25, 0.3) is 0 Å². The molecule has 29 heavy (non-hydrogen) atoms. The van der Waals surface area contributed by atoms with Crippen molar-refractivity contribution in [3.63, 3.8) is 0 Å². The maximum atomic E-state index is 13.0. The van der Waals surface area contributed by atoms with E-state index in [1.807, 2.05) is 55.5 Å². The van der Waals surface area contributed by atoms with Gasteiger partial charge in [0.05, 0.1) is 19.1 Å². The summed E-state index contributed by atoms with van der Waals surface area (Å²) in [5.74, 6) is 0.265. The summed E-state index contributed by atoms with van der Waals surface area (Å²) in [5, 5.41) is 11.9. The molecular weight excluding hydrogens is 368 g/mol. The highest BCUT2D eigenvalue weighted by Crippen LogP contribution is 2.40. The lowest BCUT2D eigenvalue weighted by molar-refractivity contribution is -0.129. The summed E-state index contributed by atoms with van der Waals surface area (Å²) in [4.78, 5) is 27.7. The zero-order valence-electron chi connectivity index (χ0n) is 16.9. The first-order chi connectivity index (χ1) is 14.0. The normalized spacial score (nSPS) is 19.1. The lowest BCUT2D eigenvalue weighted by Crippen LogP contribution is -2.48. The number of aliphatic hydroxyl groups excluding tert-OH is 1. The van der Waals surface area contributed by atoms with Gasteiger partial charge in [0.2, 0.25) is 11.8 Å². The number of anilines is 1. The van der Waals surface area contributed by atoms with Gasteiger partial charge in [0, 0.05) is 25.3 Å². The summed E-state index contributed by atoms with van der Waals surface area (Å²) >= 11 is 0. The van der Waals surface area contributed by atoms with Gasteiger partial charge in [-0.1, -0.05) is 29.8 Å². The minimum atomic E-state index is -0.404. The average Bonchev–Trinajstić information content (AvgIpc) is 2.74. The second kappa shape index (κ2) is 9.56. The number of amides is 2. The van der Waals surface area contributed by atoms with Crippen LogP contribution in [-0.2, 0) is 9.59 Å². The summed E-state index contributed by atoms with van der Waals surface area (Å²) in [6.07, 6.45) is 1.31. The standard InChI is InChI=1S/C23H28N2O4/c1-16-4-8-18(9-5-16)25-21(27)13-12-20(23(28)24-14-3-15-26)22(25)17-6-10-19(29-2)11-7-17/h4-11,20,22,26H,3,12-15H2,1-2H3,(H,24,28). The van der Waals surface area contributed by atoms with Crippen molar-refractivity contribution in [2.24, 2.45) is 5.92 Å². The van der Waals surface area contributed by atoms with Crippen LogP contribution >= 0.6 is 0 Å². The summed E-state index contributed by atoms with van der Waals surface area (Å²) in [7, 11) is 1.61. The zero-order valence-corrected chi connectivity index (χ0v) is 16.9. The van der Waals surface area contributed by atoms with Crippen LogP contribution in [-0.4, -0.2) is 37.2 Å². The molecule has 1 fully saturated rings. The number of hydrogen-bond donors (Lipinski definition) is 2. The van der Waals surface area contributed by atoms with Crippen molar-refractivity contribution in [3.8, 4) is 5.75 Å². The van der Waals surface area contributed by atoms with E-state index >= 15 is 0 Å². The van der Waals surface area contributed by atoms with Crippen LogP contribution in [0.2, 0.25) is 0 Å². The molecule has 1 aliphatic heterocycles. The molecule has 2 atom stereocenters. The van der Waals surface area contributed by atoms with Crippen molar-refractivity contribution in [3.05, 3.63) is 59.7 Å². The number of carbonyl (C=O) groups is 2. The Hall–Kier alpha value is -2.86. The van der Waals surface area contributed by atoms with Crippen molar-refractivity contribution in [1.82, 2.24) is 5.32 Å². The molecule has 2 unspecified atom stereocenters. The van der Waals surface area contributed by atoms with Gasteiger partial charge in [-0.2, -0.15) is 0 Å². The minimum absolute atomic E-state index is 0.00841. The third-order valence-electron chi connectivity index (χ3n) is 5.34. The van der Waals surface area contributed by atoms with Gasteiger partial charge in [-0.05, 0) is 49.6 Å². The molecule has 1 saturated heterocycles. The van der Waals surface area contributed by atoms with Gasteiger partial charge in [0.15, 0.2) is 0 Å². The van der Waals surface area contributed by atoms with Crippen molar-refractivity contribution >= 4 is 17.5 Å². The third kappa shape index (κ3) is 4.77. The van der Waals surface area contributed by atoms with Crippen LogP contribution in [0.3, 0.4) is 0 Å². The molecule has 1 aliphatic rings. The molecule has 0 radical (unpaired) electrons. The average molecular weight is 396 g/mol. The fourth-order valence-electron chi connectivity index (χ4n) is 3.78. The SMILES string of the molecule is COc1ccc(C2C(C(=O)NCCCO)CCC(=O)N2c2ccc(C)cc2)cc1. The van der Waals surface area contributed by atoms with E-state index in [2.05, 4.69) is 5.32 Å². The van der Waals surface area contributed by atoms with Crippen molar-refractivity contribution < 1.29 is 19.4 Å². The van der Waals surface area contributed by atoms with E-state index < -0.39 is 6.04 Å². The van der Waals surface area contributed by atoms with E-state index in [-0.39, 0.29) is 24.3 Å². The van der Waals surface area contributed by atoms with Crippen LogP contribution in [0.1, 0.15) is 36.4 Å². The van der Waals surface area contributed by atoms with E-state index in [9.17, 15) is 9.59 Å². The molecule has 1 heterocycles. The summed E-state index contributed by atoms with van der Waals surface area (Å²) < 4.78 is 5.26. The molecule has 0 saturated carbocycles. The fraction of sp³-hybridized carbons (Fsp3) is 0.391. The third-order valence-corrected chi connectivity index (χ3v) is 5.34. The van der Waals surface area contributed by atoms with Gasteiger partial charge in [-0.3, -0.25) is 9.59 Å². The number of carbonyl (C=O) groups excluding carboxylic acids is 2. The molecule has 0 spiro atoms. The van der Waals surface area contributed by atoms with E-state index in [0.29, 0.717) is 25.8 Å². The Kier molecular flexibility index (Phi) is 6.88. The zero-order chi connectivity index (χ0) is 20.8. The number of nitrogens with one attached hydrogen (secondary N) is 1. The lowest BCUT2D eigenvalue weighted by Gasteiger charge is -2.41. The number of nitrogens with zero attached hydrogens (tertiary/aromatic N) is 1. The van der Waals surface area contributed by atoms with E-state index in [4.69, 9.17) is 9.84 Å². The second-order valence-electron chi connectivity index (χ2n) is 7.33.